The number of carboxylic acids is 1. The topological polar surface area (TPSA) is 60.9 Å². The SMILES string of the molecule is Cl.O=C(O)CCCCN1CCN(C(=O)Cc2ccc(Cl)cc2)CC1. The number of hydrogen-bond acceptors (Lipinski definition) is 3. The normalized spacial score (nSPS) is 15.0. The maximum Gasteiger partial charge on any atom is 0.303 e. The summed E-state index contributed by atoms with van der Waals surface area (Å²) in [5.74, 6) is -0.583. The van der Waals surface area contributed by atoms with Crippen molar-refractivity contribution in [1.82, 2.24) is 9.80 Å². The van der Waals surface area contributed by atoms with E-state index in [4.69, 9.17) is 16.7 Å². The number of unbranched alkanes of at least 4 members (excludes halogenated alkanes) is 1. The second kappa shape index (κ2) is 10.5. The van der Waals surface area contributed by atoms with E-state index in [0.717, 1.165) is 44.7 Å². The molecule has 1 N–H and O–H groups in total. The Labute approximate surface area is 154 Å². The van der Waals surface area contributed by atoms with E-state index in [1.54, 1.807) is 12.1 Å². The first-order chi connectivity index (χ1) is 11.0. The Morgan fingerprint density at radius 3 is 2.25 bits per heavy atom. The van der Waals surface area contributed by atoms with Crippen LogP contribution in [0, 0.1) is 0 Å². The number of benzene rings is 1. The fourth-order valence-corrected chi connectivity index (χ4v) is 2.85. The monoisotopic (exact) mass is 374 g/mol. The Hall–Kier alpha value is -1.30. The van der Waals surface area contributed by atoms with Gasteiger partial charge in [0.25, 0.3) is 0 Å². The van der Waals surface area contributed by atoms with Crippen molar-refractivity contribution in [1.29, 1.82) is 0 Å². The van der Waals surface area contributed by atoms with Gasteiger partial charge in [0.15, 0.2) is 0 Å². The van der Waals surface area contributed by atoms with Crippen LogP contribution < -0.4 is 0 Å². The van der Waals surface area contributed by atoms with Crippen LogP contribution in [0.15, 0.2) is 24.3 Å². The van der Waals surface area contributed by atoms with Crippen molar-refractivity contribution in [2.75, 3.05) is 32.7 Å². The number of carboxylic acid groups (broad SMARTS) is 1. The highest BCUT2D eigenvalue weighted by Crippen LogP contribution is 2.12. The van der Waals surface area contributed by atoms with Crippen molar-refractivity contribution in [3.63, 3.8) is 0 Å². The standard InChI is InChI=1S/C17H23ClN2O3.ClH/c18-15-6-4-14(5-7-15)13-16(21)20-11-9-19(10-12-20)8-2-1-3-17(22)23;/h4-7H,1-3,8-13H2,(H,22,23);1H. The third-order valence-electron chi connectivity index (χ3n) is 4.11. The van der Waals surface area contributed by atoms with Gasteiger partial charge in [-0.25, -0.2) is 0 Å². The van der Waals surface area contributed by atoms with Crippen LogP contribution in [0.5, 0.6) is 0 Å². The molecule has 0 saturated carbocycles. The van der Waals surface area contributed by atoms with Crippen molar-refractivity contribution >= 4 is 35.9 Å². The molecular weight excluding hydrogens is 351 g/mol. The van der Waals surface area contributed by atoms with Crippen LogP contribution in [0.1, 0.15) is 24.8 Å². The number of piperazine rings is 1. The average molecular weight is 375 g/mol. The van der Waals surface area contributed by atoms with Crippen LogP contribution in [0.4, 0.5) is 0 Å². The minimum Gasteiger partial charge on any atom is -0.481 e. The van der Waals surface area contributed by atoms with E-state index in [-0.39, 0.29) is 24.7 Å². The summed E-state index contributed by atoms with van der Waals surface area (Å²) in [6.45, 7) is 4.11. The molecule has 0 bridgehead atoms. The Balaban J connectivity index is 0.00000288. The minimum atomic E-state index is -0.734. The molecule has 0 unspecified atom stereocenters. The number of nitrogens with zero attached hydrogens (tertiary/aromatic N) is 2. The lowest BCUT2D eigenvalue weighted by atomic mass is 10.1. The van der Waals surface area contributed by atoms with Gasteiger partial charge in [0.2, 0.25) is 5.91 Å². The summed E-state index contributed by atoms with van der Waals surface area (Å²) < 4.78 is 0. The van der Waals surface area contributed by atoms with Crippen molar-refractivity contribution in [2.24, 2.45) is 0 Å². The largest absolute Gasteiger partial charge is 0.481 e. The highest BCUT2D eigenvalue weighted by molar-refractivity contribution is 6.30. The van der Waals surface area contributed by atoms with Crippen LogP contribution in [0.2, 0.25) is 5.02 Å². The lowest BCUT2D eigenvalue weighted by Gasteiger charge is -2.34. The molecule has 1 heterocycles. The van der Waals surface area contributed by atoms with Crippen molar-refractivity contribution in [3.8, 4) is 0 Å². The third-order valence-corrected chi connectivity index (χ3v) is 4.36. The fraction of sp³-hybridized carbons (Fsp3) is 0.529. The van der Waals surface area contributed by atoms with Gasteiger partial charge in [-0.05, 0) is 37.1 Å². The minimum absolute atomic E-state index is 0. The Morgan fingerprint density at radius 2 is 1.67 bits per heavy atom. The smallest absolute Gasteiger partial charge is 0.303 e. The van der Waals surface area contributed by atoms with Crippen LogP contribution >= 0.6 is 24.0 Å². The number of halogens is 2. The lowest BCUT2D eigenvalue weighted by molar-refractivity contribution is -0.137. The van der Waals surface area contributed by atoms with E-state index >= 15 is 0 Å². The summed E-state index contributed by atoms with van der Waals surface area (Å²) in [4.78, 5) is 27.0. The molecule has 24 heavy (non-hydrogen) atoms. The molecule has 1 amide bonds. The second-order valence-electron chi connectivity index (χ2n) is 5.88. The molecule has 1 saturated heterocycles. The first-order valence-electron chi connectivity index (χ1n) is 8.01. The Bertz CT molecular complexity index is 529. The molecule has 0 atom stereocenters. The van der Waals surface area contributed by atoms with Gasteiger partial charge >= 0.3 is 5.97 Å². The predicted octanol–water partition coefficient (Wildman–Crippen LogP) is 2.70. The number of rotatable bonds is 7. The van der Waals surface area contributed by atoms with Gasteiger partial charge in [-0.2, -0.15) is 0 Å². The summed E-state index contributed by atoms with van der Waals surface area (Å²) in [5.41, 5.74) is 0.982. The molecule has 1 aromatic carbocycles. The van der Waals surface area contributed by atoms with Crippen LogP contribution in [0.25, 0.3) is 0 Å². The maximum absolute atomic E-state index is 12.3. The fourth-order valence-electron chi connectivity index (χ4n) is 2.72. The highest BCUT2D eigenvalue weighted by atomic mass is 35.5. The maximum atomic E-state index is 12.3. The molecular formula is C17H24Cl2N2O3. The zero-order valence-corrected chi connectivity index (χ0v) is 15.2. The average Bonchev–Trinajstić information content (AvgIpc) is 2.54. The number of hydrogen-bond donors (Lipinski definition) is 1. The first kappa shape index (κ1) is 20.7. The van der Waals surface area contributed by atoms with Gasteiger partial charge in [0.1, 0.15) is 0 Å². The number of carbonyl (C=O) groups excluding carboxylic acids is 1. The molecule has 5 nitrogen and oxygen atoms in total. The van der Waals surface area contributed by atoms with Crippen LogP contribution in [-0.2, 0) is 16.0 Å². The molecule has 1 aliphatic heterocycles. The molecule has 1 aromatic rings. The van der Waals surface area contributed by atoms with Gasteiger partial charge in [0, 0.05) is 37.6 Å². The molecule has 0 spiro atoms. The highest BCUT2D eigenvalue weighted by Gasteiger charge is 2.20. The van der Waals surface area contributed by atoms with Gasteiger partial charge in [0.05, 0.1) is 6.42 Å². The number of aliphatic carboxylic acids is 1. The van der Waals surface area contributed by atoms with E-state index in [0.29, 0.717) is 17.9 Å². The van der Waals surface area contributed by atoms with E-state index in [2.05, 4.69) is 4.90 Å². The molecule has 1 aliphatic rings. The van der Waals surface area contributed by atoms with Crippen molar-refractivity contribution in [2.45, 2.75) is 25.7 Å². The van der Waals surface area contributed by atoms with Gasteiger partial charge < -0.3 is 10.0 Å². The van der Waals surface area contributed by atoms with E-state index in [9.17, 15) is 9.59 Å². The van der Waals surface area contributed by atoms with Crippen molar-refractivity contribution in [3.05, 3.63) is 34.9 Å². The van der Waals surface area contributed by atoms with Gasteiger partial charge in [-0.3, -0.25) is 14.5 Å². The Kier molecular flexibility index (Phi) is 9.11. The number of carbonyl (C=O) groups is 2. The van der Waals surface area contributed by atoms with Gasteiger partial charge in [-0.15, -0.1) is 12.4 Å². The van der Waals surface area contributed by atoms with Crippen LogP contribution in [0.3, 0.4) is 0 Å². The third kappa shape index (κ3) is 7.07. The zero-order chi connectivity index (χ0) is 16.7. The Morgan fingerprint density at radius 1 is 1.04 bits per heavy atom. The summed E-state index contributed by atoms with van der Waals surface area (Å²) >= 11 is 5.85. The summed E-state index contributed by atoms with van der Waals surface area (Å²) in [5, 5.41) is 9.30. The predicted molar refractivity (Wildman–Crippen MR) is 96.9 cm³/mol. The van der Waals surface area contributed by atoms with E-state index in [1.165, 1.54) is 0 Å². The molecule has 134 valence electrons. The second-order valence-corrected chi connectivity index (χ2v) is 6.31. The summed E-state index contributed by atoms with van der Waals surface area (Å²) in [6, 6.07) is 7.39. The number of amides is 1. The molecule has 2 rings (SSSR count). The summed E-state index contributed by atoms with van der Waals surface area (Å²) in [6.07, 6.45) is 2.26. The molecule has 0 aliphatic carbocycles. The van der Waals surface area contributed by atoms with E-state index in [1.807, 2.05) is 17.0 Å². The molecule has 0 radical (unpaired) electrons. The lowest BCUT2D eigenvalue weighted by Crippen LogP contribution is -2.49. The molecule has 7 heteroatoms. The molecule has 1 fully saturated rings. The van der Waals surface area contributed by atoms with Gasteiger partial charge in [-0.1, -0.05) is 23.7 Å². The summed E-state index contributed by atoms with van der Waals surface area (Å²) in [7, 11) is 0. The molecule has 0 aromatic heterocycles. The first-order valence-corrected chi connectivity index (χ1v) is 8.39. The van der Waals surface area contributed by atoms with E-state index < -0.39 is 5.97 Å². The zero-order valence-electron chi connectivity index (χ0n) is 13.6. The van der Waals surface area contributed by atoms with Crippen LogP contribution in [-0.4, -0.2) is 59.5 Å². The quantitative estimate of drug-likeness (QED) is 0.745. The van der Waals surface area contributed by atoms with Crippen molar-refractivity contribution < 1.29 is 14.7 Å².